The molecule has 0 saturated carbocycles. The third-order valence-electron chi connectivity index (χ3n) is 5.49. The smallest absolute Gasteiger partial charge is 0.320 e. The number of hydrogen-bond acceptors (Lipinski definition) is 3. The van der Waals surface area contributed by atoms with Gasteiger partial charge in [-0.05, 0) is 29.6 Å². The van der Waals surface area contributed by atoms with Gasteiger partial charge < -0.3 is 13.4 Å². The van der Waals surface area contributed by atoms with Gasteiger partial charge in [0.15, 0.2) is 0 Å². The number of rotatable bonds is 10. The van der Waals surface area contributed by atoms with Crippen LogP contribution in [-0.2, 0) is 15.4 Å². The van der Waals surface area contributed by atoms with Gasteiger partial charge in [0.05, 0.1) is 0 Å². The standard InChI is InChI=1S/C19H37NO2Si2/c1-19(2,3)24(6,7)20(17-18-13-9-8-10-14-18)15-11-12-16-23(21-4)22-5/h8-10,13-14,23H,11-12,15-17H2,1-7H3. The van der Waals surface area contributed by atoms with Crippen LogP contribution in [0, 0.1) is 0 Å². The summed E-state index contributed by atoms with van der Waals surface area (Å²) in [5.41, 5.74) is 1.42. The second-order valence-electron chi connectivity index (χ2n) is 8.11. The van der Waals surface area contributed by atoms with Gasteiger partial charge in [0.25, 0.3) is 0 Å². The molecule has 0 amide bonds. The first-order valence-electron chi connectivity index (χ1n) is 9.07. The molecule has 0 atom stereocenters. The summed E-state index contributed by atoms with van der Waals surface area (Å²) < 4.78 is 13.6. The van der Waals surface area contributed by atoms with Crippen molar-refractivity contribution in [2.24, 2.45) is 0 Å². The van der Waals surface area contributed by atoms with E-state index in [2.05, 4.69) is 68.8 Å². The van der Waals surface area contributed by atoms with Gasteiger partial charge in [-0.1, -0.05) is 70.6 Å². The first-order valence-corrected chi connectivity index (χ1v) is 13.8. The third kappa shape index (κ3) is 6.44. The van der Waals surface area contributed by atoms with Gasteiger partial charge in [-0.3, -0.25) is 0 Å². The van der Waals surface area contributed by atoms with Crippen LogP contribution in [0.4, 0.5) is 0 Å². The molecule has 138 valence electrons. The fraction of sp³-hybridized carbons (Fsp3) is 0.684. The minimum Gasteiger partial charge on any atom is -0.400 e. The molecule has 0 heterocycles. The summed E-state index contributed by atoms with van der Waals surface area (Å²) in [5.74, 6) is 0. The third-order valence-corrected chi connectivity index (χ3v) is 13.1. The van der Waals surface area contributed by atoms with Crippen molar-refractivity contribution in [3.63, 3.8) is 0 Å². The molecule has 0 saturated heterocycles. The quantitative estimate of drug-likeness (QED) is 0.438. The van der Waals surface area contributed by atoms with E-state index in [0.29, 0.717) is 5.04 Å². The lowest BCUT2D eigenvalue weighted by atomic mass is 10.2. The highest BCUT2D eigenvalue weighted by atomic mass is 28.3. The Morgan fingerprint density at radius 2 is 1.58 bits per heavy atom. The maximum atomic E-state index is 5.44. The zero-order chi connectivity index (χ0) is 18.2. The summed E-state index contributed by atoms with van der Waals surface area (Å²) >= 11 is 0. The fourth-order valence-electron chi connectivity index (χ4n) is 2.78. The predicted octanol–water partition coefficient (Wildman–Crippen LogP) is 4.79. The minimum atomic E-state index is -1.53. The van der Waals surface area contributed by atoms with Crippen LogP contribution in [0.1, 0.15) is 39.2 Å². The van der Waals surface area contributed by atoms with Gasteiger partial charge >= 0.3 is 9.28 Å². The van der Waals surface area contributed by atoms with Gasteiger partial charge in [0, 0.05) is 20.8 Å². The molecule has 0 aliphatic rings. The van der Waals surface area contributed by atoms with Crippen LogP contribution in [-0.4, -0.2) is 42.8 Å². The minimum absolute atomic E-state index is 0.359. The van der Waals surface area contributed by atoms with Crippen LogP contribution >= 0.6 is 0 Å². The highest BCUT2D eigenvalue weighted by Crippen LogP contribution is 2.39. The van der Waals surface area contributed by atoms with Crippen LogP contribution in [0.15, 0.2) is 30.3 Å². The molecule has 0 radical (unpaired) electrons. The summed E-state index contributed by atoms with van der Waals surface area (Å²) in [4.78, 5) is 0. The van der Waals surface area contributed by atoms with Crippen LogP contribution < -0.4 is 0 Å². The van der Waals surface area contributed by atoms with E-state index in [4.69, 9.17) is 8.85 Å². The fourth-order valence-corrected chi connectivity index (χ4v) is 6.31. The van der Waals surface area contributed by atoms with Crippen molar-refractivity contribution >= 4 is 17.5 Å². The molecule has 1 aromatic carbocycles. The summed E-state index contributed by atoms with van der Waals surface area (Å²) in [7, 11) is 0.616. The molecule has 0 spiro atoms. The molecular weight excluding hydrogens is 330 g/mol. The molecule has 0 fully saturated rings. The van der Waals surface area contributed by atoms with E-state index in [-0.39, 0.29) is 0 Å². The van der Waals surface area contributed by atoms with Crippen LogP contribution in [0.5, 0.6) is 0 Å². The molecule has 24 heavy (non-hydrogen) atoms. The van der Waals surface area contributed by atoms with Crippen molar-refractivity contribution in [2.75, 3.05) is 20.8 Å². The lowest BCUT2D eigenvalue weighted by molar-refractivity contribution is 0.275. The van der Waals surface area contributed by atoms with Gasteiger partial charge in [-0.25, -0.2) is 0 Å². The van der Waals surface area contributed by atoms with E-state index in [0.717, 1.165) is 12.6 Å². The summed E-state index contributed by atoms with van der Waals surface area (Å²) in [5, 5.41) is 0.359. The molecule has 1 rings (SSSR count). The van der Waals surface area contributed by atoms with Crippen LogP contribution in [0.2, 0.25) is 24.2 Å². The zero-order valence-electron chi connectivity index (χ0n) is 16.8. The Bertz CT molecular complexity index is 456. The Balaban J connectivity index is 2.71. The number of benzene rings is 1. The highest BCUT2D eigenvalue weighted by Gasteiger charge is 2.40. The maximum Gasteiger partial charge on any atom is 0.320 e. The predicted molar refractivity (Wildman–Crippen MR) is 109 cm³/mol. The highest BCUT2D eigenvalue weighted by molar-refractivity contribution is 6.77. The normalized spacial score (nSPS) is 13.0. The van der Waals surface area contributed by atoms with Crippen molar-refractivity contribution in [2.45, 2.75) is 64.3 Å². The van der Waals surface area contributed by atoms with Gasteiger partial charge in [-0.15, -0.1) is 0 Å². The Kier molecular flexibility index (Phi) is 8.88. The largest absolute Gasteiger partial charge is 0.400 e. The molecular formula is C19H37NO2Si2. The molecule has 0 N–H and O–H groups in total. The van der Waals surface area contributed by atoms with E-state index in [1.165, 1.54) is 24.9 Å². The summed E-state index contributed by atoms with van der Waals surface area (Å²) in [6.45, 7) is 14.4. The lowest BCUT2D eigenvalue weighted by Crippen LogP contribution is -2.54. The molecule has 1 aromatic rings. The molecule has 0 unspecified atom stereocenters. The monoisotopic (exact) mass is 367 g/mol. The first kappa shape index (κ1) is 21.6. The van der Waals surface area contributed by atoms with E-state index >= 15 is 0 Å². The second-order valence-corrected chi connectivity index (χ2v) is 15.7. The Morgan fingerprint density at radius 3 is 2.08 bits per heavy atom. The summed E-state index contributed by atoms with van der Waals surface area (Å²) in [6.07, 6.45) is 2.41. The van der Waals surface area contributed by atoms with Crippen LogP contribution in [0.25, 0.3) is 0 Å². The van der Waals surface area contributed by atoms with Gasteiger partial charge in [-0.2, -0.15) is 0 Å². The molecule has 0 aliphatic heterocycles. The Labute approximate surface area is 152 Å². The van der Waals surface area contributed by atoms with E-state index < -0.39 is 17.5 Å². The molecule has 3 nitrogen and oxygen atoms in total. The average Bonchev–Trinajstić information content (AvgIpc) is 2.53. The SMILES string of the molecule is CO[SiH](CCCCN(Cc1ccccc1)[Si](C)(C)C(C)(C)C)OC. The zero-order valence-corrected chi connectivity index (χ0v) is 18.9. The molecule has 0 aliphatic carbocycles. The second kappa shape index (κ2) is 9.87. The molecule has 0 bridgehead atoms. The Hall–Kier alpha value is -0.466. The van der Waals surface area contributed by atoms with Gasteiger partial charge in [0.1, 0.15) is 8.24 Å². The van der Waals surface area contributed by atoms with Crippen molar-refractivity contribution in [1.82, 2.24) is 4.57 Å². The van der Waals surface area contributed by atoms with Crippen molar-refractivity contribution in [3.05, 3.63) is 35.9 Å². The van der Waals surface area contributed by atoms with E-state index in [1.54, 1.807) is 14.2 Å². The molecule has 5 heteroatoms. The van der Waals surface area contributed by atoms with Crippen molar-refractivity contribution < 1.29 is 8.85 Å². The number of unbranched alkanes of at least 4 members (excludes halogenated alkanes) is 1. The van der Waals surface area contributed by atoms with Gasteiger partial charge in [0.2, 0.25) is 0 Å². The van der Waals surface area contributed by atoms with Crippen molar-refractivity contribution in [1.29, 1.82) is 0 Å². The topological polar surface area (TPSA) is 21.7 Å². The number of nitrogens with zero attached hydrogens (tertiary/aromatic N) is 1. The summed E-state index contributed by atoms with van der Waals surface area (Å²) in [6, 6.07) is 12.0. The first-order chi connectivity index (χ1) is 11.2. The maximum absolute atomic E-state index is 5.44. The van der Waals surface area contributed by atoms with E-state index in [9.17, 15) is 0 Å². The van der Waals surface area contributed by atoms with Crippen molar-refractivity contribution in [3.8, 4) is 0 Å². The number of hydrogen-bond donors (Lipinski definition) is 0. The lowest BCUT2D eigenvalue weighted by Gasteiger charge is -2.46. The Morgan fingerprint density at radius 1 is 1.00 bits per heavy atom. The van der Waals surface area contributed by atoms with E-state index in [1.807, 2.05) is 0 Å². The molecule has 0 aromatic heterocycles. The average molecular weight is 368 g/mol. The van der Waals surface area contributed by atoms with Crippen LogP contribution in [0.3, 0.4) is 0 Å².